The van der Waals surface area contributed by atoms with Gasteiger partial charge in [0.25, 0.3) is 0 Å². The molecule has 0 spiro atoms. The number of thioether (sulfide) groups is 2. The first-order valence-electron chi connectivity index (χ1n) is 7.09. The maximum atomic E-state index is 5.00. The number of aliphatic imine (C=N–C) groups is 1. The molecule has 3 heteroatoms. The molecule has 3 rings (SSSR count). The molecule has 0 N–H and O–H groups in total. The lowest BCUT2D eigenvalue weighted by molar-refractivity contribution is 0.456. The standard InChI is InChI=1S/C16H21NS2/c1-10-8-13-15(9-11(10)2)19-14-7-5-4-6-12(14)16(17-13)18-3/h8-9,12,14H,4-7H2,1-3H3. The predicted molar refractivity (Wildman–Crippen MR) is 88.1 cm³/mol. The number of fused-ring (bicyclic) bond motifs is 2. The third kappa shape index (κ3) is 2.59. The molecule has 2 atom stereocenters. The quantitative estimate of drug-likeness (QED) is 0.638. The van der Waals surface area contributed by atoms with Crippen LogP contribution in [0.15, 0.2) is 22.0 Å². The maximum absolute atomic E-state index is 5.00. The van der Waals surface area contributed by atoms with Crippen LogP contribution in [0.1, 0.15) is 36.8 Å². The van der Waals surface area contributed by atoms with Gasteiger partial charge in [-0.3, -0.25) is 0 Å². The highest BCUT2D eigenvalue weighted by atomic mass is 32.2. The number of nitrogens with zero attached hydrogens (tertiary/aromatic N) is 1. The zero-order valence-corrected chi connectivity index (χ0v) is 13.5. The number of aryl methyl sites for hydroxylation is 2. The molecule has 1 aliphatic heterocycles. The van der Waals surface area contributed by atoms with Crippen molar-refractivity contribution in [1.29, 1.82) is 0 Å². The van der Waals surface area contributed by atoms with E-state index in [2.05, 4.69) is 44.0 Å². The summed E-state index contributed by atoms with van der Waals surface area (Å²) in [4.78, 5) is 6.40. The van der Waals surface area contributed by atoms with E-state index in [9.17, 15) is 0 Å². The first-order chi connectivity index (χ1) is 9.19. The summed E-state index contributed by atoms with van der Waals surface area (Å²) in [5.74, 6) is 0.682. The molecule has 0 bridgehead atoms. The zero-order chi connectivity index (χ0) is 13.4. The summed E-state index contributed by atoms with van der Waals surface area (Å²) >= 11 is 3.93. The van der Waals surface area contributed by atoms with Gasteiger partial charge in [-0.1, -0.05) is 12.8 Å². The number of benzene rings is 1. The molecule has 1 aliphatic carbocycles. The average Bonchev–Trinajstić information content (AvgIpc) is 2.56. The maximum Gasteiger partial charge on any atom is 0.0778 e. The second-order valence-electron chi connectivity index (χ2n) is 5.61. The third-order valence-electron chi connectivity index (χ3n) is 4.31. The summed E-state index contributed by atoms with van der Waals surface area (Å²) in [7, 11) is 0. The van der Waals surface area contributed by atoms with Crippen LogP contribution in [-0.4, -0.2) is 16.5 Å². The highest BCUT2D eigenvalue weighted by Gasteiger charge is 2.32. The Morgan fingerprint density at radius 1 is 1.16 bits per heavy atom. The number of rotatable bonds is 0. The van der Waals surface area contributed by atoms with Gasteiger partial charge >= 0.3 is 0 Å². The average molecular weight is 291 g/mol. The van der Waals surface area contributed by atoms with E-state index in [-0.39, 0.29) is 0 Å². The van der Waals surface area contributed by atoms with Crippen molar-refractivity contribution < 1.29 is 0 Å². The van der Waals surface area contributed by atoms with Crippen LogP contribution in [0.4, 0.5) is 5.69 Å². The van der Waals surface area contributed by atoms with Gasteiger partial charge in [0.1, 0.15) is 0 Å². The van der Waals surface area contributed by atoms with Gasteiger partial charge in [-0.05, 0) is 56.2 Å². The smallest absolute Gasteiger partial charge is 0.0778 e. The van der Waals surface area contributed by atoms with E-state index in [4.69, 9.17) is 4.99 Å². The van der Waals surface area contributed by atoms with Crippen LogP contribution in [0.3, 0.4) is 0 Å². The Balaban J connectivity index is 2.07. The fourth-order valence-electron chi connectivity index (χ4n) is 3.04. The predicted octanol–water partition coefficient (Wildman–Crippen LogP) is 5.36. The minimum Gasteiger partial charge on any atom is -0.245 e. The molecule has 0 amide bonds. The molecule has 1 aromatic rings. The van der Waals surface area contributed by atoms with Crippen LogP contribution < -0.4 is 0 Å². The van der Waals surface area contributed by atoms with Gasteiger partial charge in [-0.25, -0.2) is 4.99 Å². The molecule has 19 heavy (non-hydrogen) atoms. The molecule has 1 saturated carbocycles. The van der Waals surface area contributed by atoms with Gasteiger partial charge in [0, 0.05) is 16.1 Å². The van der Waals surface area contributed by atoms with Crippen molar-refractivity contribution in [2.75, 3.05) is 6.26 Å². The Hall–Kier alpha value is -0.410. The molecule has 1 nitrogen and oxygen atoms in total. The largest absolute Gasteiger partial charge is 0.245 e. The van der Waals surface area contributed by atoms with E-state index in [1.165, 1.54) is 52.4 Å². The van der Waals surface area contributed by atoms with E-state index in [0.29, 0.717) is 5.92 Å². The van der Waals surface area contributed by atoms with E-state index in [1.807, 2.05) is 11.8 Å². The second kappa shape index (κ2) is 5.53. The van der Waals surface area contributed by atoms with Crippen molar-refractivity contribution in [1.82, 2.24) is 0 Å². The molecule has 1 aromatic carbocycles. The van der Waals surface area contributed by atoms with Crippen molar-refractivity contribution in [3.05, 3.63) is 23.3 Å². The Kier molecular flexibility index (Phi) is 3.95. The van der Waals surface area contributed by atoms with Crippen LogP contribution in [-0.2, 0) is 0 Å². The van der Waals surface area contributed by atoms with E-state index >= 15 is 0 Å². The van der Waals surface area contributed by atoms with Gasteiger partial charge < -0.3 is 0 Å². The zero-order valence-electron chi connectivity index (χ0n) is 11.9. The van der Waals surface area contributed by atoms with Crippen molar-refractivity contribution in [3.63, 3.8) is 0 Å². The molecule has 2 aliphatic rings. The van der Waals surface area contributed by atoms with E-state index in [0.717, 1.165) is 5.25 Å². The van der Waals surface area contributed by atoms with E-state index < -0.39 is 0 Å². The lowest BCUT2D eigenvalue weighted by Crippen LogP contribution is -2.26. The van der Waals surface area contributed by atoms with Crippen molar-refractivity contribution in [3.8, 4) is 0 Å². The molecule has 0 radical (unpaired) electrons. The SMILES string of the molecule is CSC1=Nc2cc(C)c(C)cc2SC2CCCCC12. The fraction of sp³-hybridized carbons (Fsp3) is 0.562. The van der Waals surface area contributed by atoms with Gasteiger partial charge in [0.2, 0.25) is 0 Å². The minimum absolute atomic E-state index is 0.682. The fourth-order valence-corrected chi connectivity index (χ4v) is 5.41. The molecule has 102 valence electrons. The van der Waals surface area contributed by atoms with Crippen molar-refractivity contribution in [2.45, 2.75) is 49.7 Å². The highest BCUT2D eigenvalue weighted by molar-refractivity contribution is 8.13. The van der Waals surface area contributed by atoms with Gasteiger partial charge in [0.15, 0.2) is 0 Å². The van der Waals surface area contributed by atoms with Crippen LogP contribution in [0.5, 0.6) is 0 Å². The summed E-state index contributed by atoms with van der Waals surface area (Å²) in [5, 5.41) is 2.10. The van der Waals surface area contributed by atoms with Crippen LogP contribution in [0.25, 0.3) is 0 Å². The summed E-state index contributed by atoms with van der Waals surface area (Å²) in [6.45, 7) is 4.39. The third-order valence-corrected chi connectivity index (χ3v) is 6.57. The molecule has 1 heterocycles. The Bertz CT molecular complexity index is 522. The van der Waals surface area contributed by atoms with Gasteiger partial charge in [-0.2, -0.15) is 0 Å². The molecular formula is C16H21NS2. The molecular weight excluding hydrogens is 270 g/mol. The lowest BCUT2D eigenvalue weighted by Gasteiger charge is -2.29. The monoisotopic (exact) mass is 291 g/mol. The molecule has 0 aromatic heterocycles. The van der Waals surface area contributed by atoms with Crippen LogP contribution >= 0.6 is 23.5 Å². The number of hydrogen-bond acceptors (Lipinski definition) is 3. The van der Waals surface area contributed by atoms with Crippen molar-refractivity contribution >= 4 is 34.3 Å². The van der Waals surface area contributed by atoms with Crippen LogP contribution in [0.2, 0.25) is 0 Å². The Morgan fingerprint density at radius 3 is 2.68 bits per heavy atom. The summed E-state index contributed by atoms with van der Waals surface area (Å²) < 4.78 is 0. The summed E-state index contributed by atoms with van der Waals surface area (Å²) in [5.41, 5.74) is 3.95. The number of hydrogen-bond donors (Lipinski definition) is 0. The molecule has 1 fully saturated rings. The second-order valence-corrected chi connectivity index (χ2v) is 7.71. The van der Waals surface area contributed by atoms with Gasteiger partial charge in [0.05, 0.1) is 10.7 Å². The minimum atomic E-state index is 0.682. The topological polar surface area (TPSA) is 12.4 Å². The van der Waals surface area contributed by atoms with E-state index in [1.54, 1.807) is 0 Å². The highest BCUT2D eigenvalue weighted by Crippen LogP contribution is 2.46. The summed E-state index contributed by atoms with van der Waals surface area (Å²) in [6, 6.07) is 4.61. The first-order valence-corrected chi connectivity index (χ1v) is 9.20. The molecule has 0 saturated heterocycles. The summed E-state index contributed by atoms with van der Waals surface area (Å²) in [6.07, 6.45) is 7.61. The van der Waals surface area contributed by atoms with Crippen molar-refractivity contribution in [2.24, 2.45) is 10.9 Å². The lowest BCUT2D eigenvalue weighted by atomic mass is 9.89. The van der Waals surface area contributed by atoms with Crippen LogP contribution in [0, 0.1) is 19.8 Å². The Morgan fingerprint density at radius 2 is 1.89 bits per heavy atom. The normalized spacial score (nSPS) is 26.2. The Labute approximate surface area is 124 Å². The first kappa shape index (κ1) is 13.6. The molecule has 2 unspecified atom stereocenters. The van der Waals surface area contributed by atoms with Gasteiger partial charge in [-0.15, -0.1) is 23.5 Å².